The summed E-state index contributed by atoms with van der Waals surface area (Å²) in [6, 6.07) is 12.3. The largest absolute Gasteiger partial charge is 0.374 e. The summed E-state index contributed by atoms with van der Waals surface area (Å²) >= 11 is 0. The molecule has 29 heavy (non-hydrogen) atoms. The van der Waals surface area contributed by atoms with Gasteiger partial charge in [-0.1, -0.05) is 24.3 Å². The van der Waals surface area contributed by atoms with Crippen molar-refractivity contribution in [3.05, 3.63) is 58.7 Å². The summed E-state index contributed by atoms with van der Waals surface area (Å²) in [6.07, 6.45) is 3.41. The number of benzene rings is 2. The third kappa shape index (κ3) is 4.20. The molecule has 0 amide bonds. The highest BCUT2D eigenvalue weighted by Gasteiger charge is 2.27. The van der Waals surface area contributed by atoms with Crippen LogP contribution in [0.3, 0.4) is 0 Å². The molecular weight excluding hydrogens is 382 g/mol. The lowest BCUT2D eigenvalue weighted by Gasteiger charge is -2.29. The molecule has 1 saturated heterocycles. The number of aryl methyl sites for hydroxylation is 2. The first-order valence-electron chi connectivity index (χ1n) is 10.5. The fourth-order valence-corrected chi connectivity index (χ4v) is 5.93. The molecule has 0 spiro atoms. The van der Waals surface area contributed by atoms with E-state index in [2.05, 4.69) is 39.8 Å². The summed E-state index contributed by atoms with van der Waals surface area (Å²) in [5, 5.41) is 0. The standard InChI is InChI=1S/C23H31N3O2S/c1-17-6-7-18(2)23(14-17)29(27,28)24-16-22(26-11-4-5-12-26)19-8-9-21-20(15-19)10-13-25(21)3/h6-9,14-15,22,24H,4-5,10-13,16H2,1-3H3/t22-/m0/s1. The SMILES string of the molecule is Cc1ccc(C)c(S(=O)(=O)NC[C@@H](c2ccc3c(c2)CCN3C)N2CCCC2)c1. The molecule has 2 aromatic rings. The maximum Gasteiger partial charge on any atom is 0.240 e. The van der Waals surface area contributed by atoms with Crippen LogP contribution in [-0.2, 0) is 16.4 Å². The molecule has 1 fully saturated rings. The van der Waals surface area contributed by atoms with Crippen molar-refractivity contribution in [1.82, 2.24) is 9.62 Å². The van der Waals surface area contributed by atoms with Gasteiger partial charge in [0.2, 0.25) is 10.0 Å². The molecule has 1 N–H and O–H groups in total. The Morgan fingerprint density at radius 2 is 1.79 bits per heavy atom. The predicted octanol–water partition coefficient (Wildman–Crippen LogP) is 3.41. The van der Waals surface area contributed by atoms with Crippen molar-refractivity contribution >= 4 is 15.7 Å². The molecule has 0 unspecified atom stereocenters. The lowest BCUT2D eigenvalue weighted by molar-refractivity contribution is 0.246. The molecule has 0 aliphatic carbocycles. The molecule has 1 atom stereocenters. The van der Waals surface area contributed by atoms with Crippen LogP contribution in [0.1, 0.15) is 41.1 Å². The van der Waals surface area contributed by atoms with Crippen molar-refractivity contribution in [1.29, 1.82) is 0 Å². The maximum atomic E-state index is 13.0. The van der Waals surface area contributed by atoms with Crippen LogP contribution < -0.4 is 9.62 Å². The Kier molecular flexibility index (Phi) is 5.69. The highest BCUT2D eigenvalue weighted by atomic mass is 32.2. The number of nitrogens with one attached hydrogen (secondary N) is 1. The van der Waals surface area contributed by atoms with E-state index in [-0.39, 0.29) is 6.04 Å². The van der Waals surface area contributed by atoms with Gasteiger partial charge in [-0.05, 0) is 80.6 Å². The zero-order valence-corrected chi connectivity index (χ0v) is 18.4. The first kappa shape index (κ1) is 20.4. The van der Waals surface area contributed by atoms with Gasteiger partial charge in [0.25, 0.3) is 0 Å². The van der Waals surface area contributed by atoms with E-state index in [0.717, 1.165) is 37.2 Å². The molecule has 4 rings (SSSR count). The van der Waals surface area contributed by atoms with Crippen molar-refractivity contribution < 1.29 is 8.42 Å². The minimum Gasteiger partial charge on any atom is -0.374 e. The third-order valence-electron chi connectivity index (χ3n) is 6.30. The first-order chi connectivity index (χ1) is 13.8. The number of likely N-dealkylation sites (tertiary alicyclic amines) is 1. The van der Waals surface area contributed by atoms with Crippen molar-refractivity contribution in [2.75, 3.05) is 38.1 Å². The molecule has 0 saturated carbocycles. The van der Waals surface area contributed by atoms with Gasteiger partial charge in [0.15, 0.2) is 0 Å². The number of anilines is 1. The van der Waals surface area contributed by atoms with Gasteiger partial charge in [-0.15, -0.1) is 0 Å². The molecule has 5 nitrogen and oxygen atoms in total. The predicted molar refractivity (Wildman–Crippen MR) is 118 cm³/mol. The van der Waals surface area contributed by atoms with Crippen LogP contribution >= 0.6 is 0 Å². The van der Waals surface area contributed by atoms with E-state index in [4.69, 9.17) is 0 Å². The molecule has 2 aromatic carbocycles. The Balaban J connectivity index is 1.59. The Morgan fingerprint density at radius 1 is 1.03 bits per heavy atom. The van der Waals surface area contributed by atoms with Crippen LogP contribution in [0.2, 0.25) is 0 Å². The zero-order chi connectivity index (χ0) is 20.6. The minimum absolute atomic E-state index is 0.0635. The number of likely N-dealkylation sites (N-methyl/N-ethyl adjacent to an activating group) is 1. The van der Waals surface area contributed by atoms with Crippen LogP contribution in [0.5, 0.6) is 0 Å². The number of hydrogen-bond donors (Lipinski definition) is 1. The lowest BCUT2D eigenvalue weighted by Crippen LogP contribution is -2.37. The third-order valence-corrected chi connectivity index (χ3v) is 7.86. The number of rotatable bonds is 6. The second kappa shape index (κ2) is 8.09. The summed E-state index contributed by atoms with van der Waals surface area (Å²) < 4.78 is 29.0. The molecule has 2 heterocycles. The van der Waals surface area contributed by atoms with Crippen molar-refractivity contribution in [2.45, 2.75) is 44.0 Å². The highest BCUT2D eigenvalue weighted by Crippen LogP contribution is 2.32. The van der Waals surface area contributed by atoms with Gasteiger partial charge in [-0.2, -0.15) is 0 Å². The number of fused-ring (bicyclic) bond motifs is 1. The van der Waals surface area contributed by atoms with Gasteiger partial charge in [-0.25, -0.2) is 13.1 Å². The minimum atomic E-state index is -3.55. The van der Waals surface area contributed by atoms with Crippen molar-refractivity contribution in [2.24, 2.45) is 0 Å². The zero-order valence-electron chi connectivity index (χ0n) is 17.6. The van der Waals surface area contributed by atoms with Gasteiger partial charge in [-0.3, -0.25) is 4.90 Å². The smallest absolute Gasteiger partial charge is 0.240 e. The molecular formula is C23H31N3O2S. The van der Waals surface area contributed by atoms with E-state index in [0.29, 0.717) is 11.4 Å². The summed E-state index contributed by atoms with van der Waals surface area (Å²) in [5.41, 5.74) is 5.61. The molecule has 2 aliphatic rings. The molecule has 156 valence electrons. The fourth-order valence-electron chi connectivity index (χ4n) is 4.57. The maximum absolute atomic E-state index is 13.0. The first-order valence-corrected chi connectivity index (χ1v) is 12.0. The van der Waals surface area contributed by atoms with Gasteiger partial charge < -0.3 is 4.90 Å². The second-order valence-corrected chi connectivity index (χ2v) is 10.2. The van der Waals surface area contributed by atoms with E-state index in [1.54, 1.807) is 6.07 Å². The van der Waals surface area contributed by atoms with Crippen LogP contribution in [0.15, 0.2) is 41.3 Å². The van der Waals surface area contributed by atoms with Gasteiger partial charge in [0.1, 0.15) is 0 Å². The summed E-state index contributed by atoms with van der Waals surface area (Å²) in [5.74, 6) is 0. The Labute approximate surface area is 174 Å². The summed E-state index contributed by atoms with van der Waals surface area (Å²) in [4.78, 5) is 5.09. The normalized spacial score (nSPS) is 18.2. The Hall–Kier alpha value is -1.89. The number of sulfonamides is 1. The van der Waals surface area contributed by atoms with Crippen molar-refractivity contribution in [3.8, 4) is 0 Å². The van der Waals surface area contributed by atoms with E-state index < -0.39 is 10.0 Å². The Morgan fingerprint density at radius 3 is 2.55 bits per heavy atom. The Bertz CT molecular complexity index is 997. The second-order valence-electron chi connectivity index (χ2n) is 8.44. The fraction of sp³-hybridized carbons (Fsp3) is 0.478. The van der Waals surface area contributed by atoms with E-state index in [1.807, 2.05) is 26.0 Å². The van der Waals surface area contributed by atoms with Gasteiger partial charge in [0, 0.05) is 31.9 Å². The average molecular weight is 414 g/mol. The topological polar surface area (TPSA) is 52.7 Å². The number of nitrogens with zero attached hydrogens (tertiary/aromatic N) is 2. The summed E-state index contributed by atoms with van der Waals surface area (Å²) in [7, 11) is -1.42. The van der Waals surface area contributed by atoms with E-state index in [9.17, 15) is 8.42 Å². The van der Waals surface area contributed by atoms with E-state index in [1.165, 1.54) is 29.7 Å². The van der Waals surface area contributed by atoms with Crippen LogP contribution in [0.4, 0.5) is 5.69 Å². The van der Waals surface area contributed by atoms with Gasteiger partial charge in [0.05, 0.1) is 4.90 Å². The number of hydrogen-bond acceptors (Lipinski definition) is 4. The molecule has 0 radical (unpaired) electrons. The lowest BCUT2D eigenvalue weighted by atomic mass is 10.0. The van der Waals surface area contributed by atoms with Crippen LogP contribution in [-0.4, -0.2) is 46.5 Å². The van der Waals surface area contributed by atoms with Gasteiger partial charge >= 0.3 is 0 Å². The molecule has 6 heteroatoms. The van der Waals surface area contributed by atoms with Crippen LogP contribution in [0.25, 0.3) is 0 Å². The van der Waals surface area contributed by atoms with E-state index >= 15 is 0 Å². The molecule has 0 aromatic heterocycles. The highest BCUT2D eigenvalue weighted by molar-refractivity contribution is 7.89. The average Bonchev–Trinajstić information content (AvgIpc) is 3.34. The summed E-state index contributed by atoms with van der Waals surface area (Å²) in [6.45, 7) is 7.26. The van der Waals surface area contributed by atoms with Crippen LogP contribution in [0, 0.1) is 13.8 Å². The molecule has 2 aliphatic heterocycles. The molecule has 0 bridgehead atoms. The quantitative estimate of drug-likeness (QED) is 0.789. The van der Waals surface area contributed by atoms with Crippen molar-refractivity contribution in [3.63, 3.8) is 0 Å². The monoisotopic (exact) mass is 413 g/mol.